The normalized spacial score (nSPS) is 10.6. The lowest BCUT2D eigenvalue weighted by atomic mass is 10.1. The van der Waals surface area contributed by atoms with Gasteiger partial charge in [-0.05, 0) is 5.56 Å². The molecule has 0 atom stereocenters. The van der Waals surface area contributed by atoms with Crippen LogP contribution in [0.2, 0.25) is 0 Å². The van der Waals surface area contributed by atoms with Gasteiger partial charge in [0.05, 0.1) is 0 Å². The smallest absolute Gasteiger partial charge is 0.164 e. The fourth-order valence-electron chi connectivity index (χ4n) is 1.07. The number of hydrogen-bond acceptors (Lipinski definition) is 3. The number of hydrogen-bond donors (Lipinski definition) is 5. The van der Waals surface area contributed by atoms with Crippen LogP contribution in [0.1, 0.15) is 5.56 Å². The van der Waals surface area contributed by atoms with E-state index >= 15 is 0 Å². The minimum atomic E-state index is -0.339. The van der Waals surface area contributed by atoms with Gasteiger partial charge >= 0.3 is 0 Å². The Morgan fingerprint density at radius 3 is 2.31 bits per heavy atom. The van der Waals surface area contributed by atoms with Crippen molar-refractivity contribution in [2.24, 2.45) is 5.73 Å². The monoisotopic (exact) mass is 215 g/mol. The van der Waals surface area contributed by atoms with Gasteiger partial charge in [-0.25, -0.2) is 0 Å². The SMILES string of the molecule is N=C/C(=C\NC(=N)C(=N)N)c1ccccc1. The van der Waals surface area contributed by atoms with E-state index in [1.165, 1.54) is 12.4 Å². The van der Waals surface area contributed by atoms with Crippen LogP contribution in [0.5, 0.6) is 0 Å². The molecule has 0 aliphatic carbocycles. The van der Waals surface area contributed by atoms with Crippen molar-refractivity contribution in [1.29, 1.82) is 16.2 Å². The minimum Gasteiger partial charge on any atom is -0.381 e. The third-order valence-electron chi connectivity index (χ3n) is 1.90. The summed E-state index contributed by atoms with van der Waals surface area (Å²) in [6, 6.07) is 9.33. The van der Waals surface area contributed by atoms with Gasteiger partial charge < -0.3 is 16.5 Å². The first-order chi connectivity index (χ1) is 7.65. The predicted molar refractivity (Wildman–Crippen MR) is 66.0 cm³/mol. The van der Waals surface area contributed by atoms with E-state index in [4.69, 9.17) is 22.0 Å². The van der Waals surface area contributed by atoms with Crippen LogP contribution in [0.15, 0.2) is 36.5 Å². The summed E-state index contributed by atoms with van der Waals surface area (Å²) in [5.41, 5.74) is 6.59. The Bertz CT molecular complexity index is 433. The van der Waals surface area contributed by atoms with Crippen LogP contribution in [0, 0.1) is 16.2 Å². The van der Waals surface area contributed by atoms with Gasteiger partial charge in [0.15, 0.2) is 11.7 Å². The molecule has 0 unspecified atom stereocenters. The highest BCUT2D eigenvalue weighted by atomic mass is 15.0. The van der Waals surface area contributed by atoms with Crippen molar-refractivity contribution >= 4 is 23.5 Å². The van der Waals surface area contributed by atoms with Crippen LogP contribution in [0.3, 0.4) is 0 Å². The van der Waals surface area contributed by atoms with E-state index in [0.29, 0.717) is 5.57 Å². The standard InChI is InChI=1S/C11H13N5/c12-6-9(7-16-11(15)10(13)14)8-4-2-1-3-5-8/h1-7,12H,(H3,13,14)(H2,15,16)/b9-7+,12-6?. The summed E-state index contributed by atoms with van der Waals surface area (Å²) < 4.78 is 0. The molecule has 82 valence electrons. The zero-order valence-corrected chi connectivity index (χ0v) is 8.62. The molecule has 0 saturated heterocycles. The summed E-state index contributed by atoms with van der Waals surface area (Å²) in [5, 5.41) is 24.1. The Balaban J connectivity index is 2.84. The summed E-state index contributed by atoms with van der Waals surface area (Å²) in [4.78, 5) is 0. The average molecular weight is 215 g/mol. The Morgan fingerprint density at radius 1 is 1.19 bits per heavy atom. The van der Waals surface area contributed by atoms with E-state index in [0.717, 1.165) is 5.56 Å². The molecule has 0 radical (unpaired) electrons. The number of nitrogens with one attached hydrogen (secondary N) is 4. The highest BCUT2D eigenvalue weighted by molar-refractivity contribution is 6.37. The lowest BCUT2D eigenvalue weighted by Gasteiger charge is -2.04. The molecule has 0 amide bonds. The third-order valence-corrected chi connectivity index (χ3v) is 1.90. The van der Waals surface area contributed by atoms with Crippen molar-refractivity contribution in [2.75, 3.05) is 0 Å². The van der Waals surface area contributed by atoms with Crippen molar-refractivity contribution in [3.05, 3.63) is 42.1 Å². The second kappa shape index (κ2) is 5.45. The van der Waals surface area contributed by atoms with Crippen molar-refractivity contribution in [3.63, 3.8) is 0 Å². The van der Waals surface area contributed by atoms with Crippen molar-refractivity contribution in [3.8, 4) is 0 Å². The van der Waals surface area contributed by atoms with E-state index in [-0.39, 0.29) is 11.7 Å². The maximum absolute atomic E-state index is 7.29. The van der Waals surface area contributed by atoms with Crippen molar-refractivity contribution in [2.45, 2.75) is 0 Å². The minimum absolute atomic E-state index is 0.185. The van der Waals surface area contributed by atoms with Gasteiger partial charge in [-0.3, -0.25) is 10.8 Å². The highest BCUT2D eigenvalue weighted by Gasteiger charge is 1.99. The molecular formula is C11H13N5. The molecule has 1 aromatic rings. The maximum atomic E-state index is 7.29. The fourth-order valence-corrected chi connectivity index (χ4v) is 1.07. The number of amidine groups is 2. The molecular weight excluding hydrogens is 202 g/mol. The molecule has 0 heterocycles. The van der Waals surface area contributed by atoms with Gasteiger partial charge in [-0.15, -0.1) is 0 Å². The Hall–Kier alpha value is -2.43. The first-order valence-corrected chi connectivity index (χ1v) is 4.60. The van der Waals surface area contributed by atoms with Gasteiger partial charge in [-0.2, -0.15) is 0 Å². The zero-order valence-electron chi connectivity index (χ0n) is 8.62. The van der Waals surface area contributed by atoms with E-state index in [1.807, 2.05) is 30.3 Å². The van der Waals surface area contributed by atoms with E-state index in [9.17, 15) is 0 Å². The average Bonchev–Trinajstić information content (AvgIpc) is 2.30. The molecule has 5 heteroatoms. The molecule has 0 aromatic heterocycles. The Labute approximate surface area is 93.5 Å². The van der Waals surface area contributed by atoms with Crippen LogP contribution >= 0.6 is 0 Å². The van der Waals surface area contributed by atoms with Crippen LogP contribution in [-0.2, 0) is 0 Å². The summed E-state index contributed by atoms with van der Waals surface area (Å²) in [5.74, 6) is -0.524. The van der Waals surface area contributed by atoms with E-state index in [2.05, 4.69) is 5.32 Å². The number of rotatable bonds is 3. The molecule has 0 aliphatic heterocycles. The largest absolute Gasteiger partial charge is 0.381 e. The lowest BCUT2D eigenvalue weighted by Crippen LogP contribution is -2.31. The maximum Gasteiger partial charge on any atom is 0.164 e. The van der Waals surface area contributed by atoms with Gasteiger partial charge in [-0.1, -0.05) is 30.3 Å². The molecule has 1 rings (SSSR count). The quantitative estimate of drug-likeness (QED) is 0.385. The first kappa shape index (κ1) is 11.6. The lowest BCUT2D eigenvalue weighted by molar-refractivity contribution is 1.24. The summed E-state index contributed by atoms with van der Waals surface area (Å²) in [7, 11) is 0. The molecule has 0 fully saturated rings. The molecule has 0 bridgehead atoms. The molecule has 5 nitrogen and oxygen atoms in total. The van der Waals surface area contributed by atoms with Gasteiger partial charge in [0.2, 0.25) is 0 Å². The summed E-state index contributed by atoms with van der Waals surface area (Å²) in [6.45, 7) is 0. The molecule has 6 N–H and O–H groups in total. The van der Waals surface area contributed by atoms with E-state index in [1.54, 1.807) is 0 Å². The van der Waals surface area contributed by atoms with Crippen LogP contribution in [-0.4, -0.2) is 17.9 Å². The van der Waals surface area contributed by atoms with Crippen LogP contribution in [0.25, 0.3) is 5.57 Å². The van der Waals surface area contributed by atoms with Crippen LogP contribution < -0.4 is 11.1 Å². The highest BCUT2D eigenvalue weighted by Crippen LogP contribution is 2.09. The molecule has 0 spiro atoms. The fraction of sp³-hybridized carbons (Fsp3) is 0. The van der Waals surface area contributed by atoms with Gasteiger partial charge in [0.1, 0.15) is 0 Å². The predicted octanol–water partition coefficient (Wildman–Crippen LogP) is 1.18. The van der Waals surface area contributed by atoms with Crippen molar-refractivity contribution in [1.82, 2.24) is 5.32 Å². The zero-order chi connectivity index (χ0) is 12.0. The molecule has 1 aromatic carbocycles. The van der Waals surface area contributed by atoms with E-state index < -0.39 is 0 Å². The Kier molecular flexibility index (Phi) is 3.97. The molecule has 0 saturated carbocycles. The second-order valence-electron chi connectivity index (χ2n) is 3.04. The molecule has 16 heavy (non-hydrogen) atoms. The van der Waals surface area contributed by atoms with Crippen molar-refractivity contribution < 1.29 is 0 Å². The van der Waals surface area contributed by atoms with Gasteiger partial charge in [0.25, 0.3) is 0 Å². The Morgan fingerprint density at radius 2 is 1.81 bits per heavy atom. The second-order valence-corrected chi connectivity index (χ2v) is 3.04. The number of nitrogens with two attached hydrogens (primary N) is 1. The van der Waals surface area contributed by atoms with Crippen LogP contribution in [0.4, 0.5) is 0 Å². The summed E-state index contributed by atoms with van der Waals surface area (Å²) in [6.07, 6.45) is 2.65. The third kappa shape index (κ3) is 3.06. The van der Waals surface area contributed by atoms with Gasteiger partial charge in [0, 0.05) is 18.0 Å². The number of benzene rings is 1. The summed E-state index contributed by atoms with van der Waals surface area (Å²) >= 11 is 0. The number of allylic oxidation sites excluding steroid dienone is 1. The molecule has 0 aliphatic rings. The first-order valence-electron chi connectivity index (χ1n) is 4.60. The topological polar surface area (TPSA) is 110 Å².